The fourth-order valence-corrected chi connectivity index (χ4v) is 4.02. The second kappa shape index (κ2) is 8.44. The van der Waals surface area contributed by atoms with Crippen molar-refractivity contribution in [3.05, 3.63) is 66.2 Å². The summed E-state index contributed by atoms with van der Waals surface area (Å²) in [5, 5.41) is 3.06. The first-order valence-electron chi connectivity index (χ1n) is 9.97. The van der Waals surface area contributed by atoms with Crippen LogP contribution in [-0.2, 0) is 11.3 Å². The van der Waals surface area contributed by atoms with E-state index in [4.69, 9.17) is 0 Å². The molecule has 2 heterocycles. The maximum Gasteiger partial charge on any atom is 0.318 e. The highest BCUT2D eigenvalue weighted by atomic mass is 16.2. The predicted octanol–water partition coefficient (Wildman–Crippen LogP) is 0.902. The summed E-state index contributed by atoms with van der Waals surface area (Å²) in [6.07, 6.45) is 0.361. The fraction of sp³-hybridized carbons (Fsp3) is 0.364. The lowest BCUT2D eigenvalue weighted by atomic mass is 10.2. The van der Waals surface area contributed by atoms with Gasteiger partial charge in [0.25, 0.3) is 0 Å². The van der Waals surface area contributed by atoms with E-state index in [9.17, 15) is 9.59 Å². The molecular formula is C22H27N4O2+. The number of amides is 3. The Kier molecular flexibility index (Phi) is 5.58. The standard InChI is InChI=1S/C22H26N4O2/c27-21-15-19(17-26(21)20-9-5-2-6-10-20)23-22(28)25-13-11-24(12-14-25)16-18-7-3-1-4-8-18/h1-10,19H,11-17H2,(H,23,28)/p+1/t19-/m0/s1. The molecule has 0 unspecified atom stereocenters. The van der Waals surface area contributed by atoms with Crippen LogP contribution in [0.3, 0.4) is 0 Å². The lowest BCUT2D eigenvalue weighted by molar-refractivity contribution is -0.917. The zero-order valence-electron chi connectivity index (χ0n) is 16.0. The first-order valence-corrected chi connectivity index (χ1v) is 9.97. The second-order valence-electron chi connectivity index (χ2n) is 7.59. The lowest BCUT2D eigenvalue weighted by Gasteiger charge is -2.33. The van der Waals surface area contributed by atoms with Crippen LogP contribution in [0, 0.1) is 0 Å². The van der Waals surface area contributed by atoms with Gasteiger partial charge in [0.1, 0.15) is 6.54 Å². The number of carbonyl (C=O) groups excluding carboxylic acids is 2. The van der Waals surface area contributed by atoms with Crippen molar-refractivity contribution in [3.63, 3.8) is 0 Å². The SMILES string of the molecule is O=C(N[C@H]1CC(=O)N(c2ccccc2)C1)N1CC[NH+](Cc2ccccc2)CC1. The summed E-state index contributed by atoms with van der Waals surface area (Å²) in [6, 6.07) is 19.9. The van der Waals surface area contributed by atoms with Crippen LogP contribution in [0.2, 0.25) is 0 Å². The molecule has 2 N–H and O–H groups in total. The molecule has 0 saturated carbocycles. The molecular weight excluding hydrogens is 352 g/mol. The quantitative estimate of drug-likeness (QED) is 0.830. The molecule has 0 spiro atoms. The number of urea groups is 1. The molecule has 0 radical (unpaired) electrons. The van der Waals surface area contributed by atoms with Crippen LogP contribution in [0.1, 0.15) is 12.0 Å². The molecule has 6 nitrogen and oxygen atoms in total. The van der Waals surface area contributed by atoms with Crippen molar-refractivity contribution in [2.75, 3.05) is 37.6 Å². The van der Waals surface area contributed by atoms with E-state index in [1.165, 1.54) is 10.5 Å². The van der Waals surface area contributed by atoms with Gasteiger partial charge in [0.15, 0.2) is 0 Å². The van der Waals surface area contributed by atoms with E-state index in [0.29, 0.717) is 13.0 Å². The molecule has 0 aromatic heterocycles. The molecule has 2 fully saturated rings. The minimum Gasteiger partial charge on any atom is -0.333 e. The van der Waals surface area contributed by atoms with Crippen molar-refractivity contribution in [1.82, 2.24) is 10.2 Å². The normalized spacial score (nSPS) is 20.4. The van der Waals surface area contributed by atoms with Crippen molar-refractivity contribution in [2.24, 2.45) is 0 Å². The Hall–Kier alpha value is -2.86. The Morgan fingerprint density at radius 3 is 2.32 bits per heavy atom. The van der Waals surface area contributed by atoms with E-state index >= 15 is 0 Å². The molecule has 0 bridgehead atoms. The number of rotatable bonds is 4. The van der Waals surface area contributed by atoms with Crippen molar-refractivity contribution in [3.8, 4) is 0 Å². The van der Waals surface area contributed by atoms with Crippen LogP contribution >= 0.6 is 0 Å². The van der Waals surface area contributed by atoms with Gasteiger partial charge in [-0.3, -0.25) is 4.79 Å². The topological polar surface area (TPSA) is 57.1 Å². The zero-order valence-corrected chi connectivity index (χ0v) is 16.0. The van der Waals surface area contributed by atoms with E-state index in [1.807, 2.05) is 41.3 Å². The van der Waals surface area contributed by atoms with Crippen LogP contribution in [0.25, 0.3) is 0 Å². The number of hydrogen-bond acceptors (Lipinski definition) is 2. The van der Waals surface area contributed by atoms with Gasteiger partial charge in [0.05, 0.1) is 32.2 Å². The van der Waals surface area contributed by atoms with Crippen LogP contribution in [0.15, 0.2) is 60.7 Å². The van der Waals surface area contributed by atoms with Crippen molar-refractivity contribution in [1.29, 1.82) is 0 Å². The van der Waals surface area contributed by atoms with Gasteiger partial charge in [0, 0.05) is 24.2 Å². The van der Waals surface area contributed by atoms with Crippen LogP contribution in [-0.4, -0.2) is 55.6 Å². The summed E-state index contributed by atoms with van der Waals surface area (Å²) in [7, 11) is 0. The summed E-state index contributed by atoms with van der Waals surface area (Å²) in [5.74, 6) is 0.0635. The van der Waals surface area contributed by atoms with Gasteiger partial charge in [-0.1, -0.05) is 48.5 Å². The molecule has 146 valence electrons. The number of nitrogens with one attached hydrogen (secondary N) is 2. The van der Waals surface area contributed by atoms with Gasteiger partial charge in [-0.2, -0.15) is 0 Å². The van der Waals surface area contributed by atoms with Gasteiger partial charge < -0.3 is 20.0 Å². The van der Waals surface area contributed by atoms with E-state index in [1.54, 1.807) is 4.90 Å². The third-order valence-electron chi connectivity index (χ3n) is 5.58. The summed E-state index contributed by atoms with van der Waals surface area (Å²) in [6.45, 7) is 4.92. The number of quaternary nitrogens is 1. The highest BCUT2D eigenvalue weighted by molar-refractivity contribution is 5.96. The van der Waals surface area contributed by atoms with Crippen LogP contribution in [0.5, 0.6) is 0 Å². The molecule has 3 amide bonds. The van der Waals surface area contributed by atoms with Crippen LogP contribution in [0.4, 0.5) is 10.5 Å². The van der Waals surface area contributed by atoms with E-state index in [-0.39, 0.29) is 18.0 Å². The minimum absolute atomic E-state index is 0.0496. The average Bonchev–Trinajstić information content (AvgIpc) is 3.10. The summed E-state index contributed by atoms with van der Waals surface area (Å²) in [5.41, 5.74) is 2.23. The van der Waals surface area contributed by atoms with Gasteiger partial charge in [-0.15, -0.1) is 0 Å². The molecule has 6 heteroatoms. The molecule has 2 aromatic carbocycles. The van der Waals surface area contributed by atoms with E-state index in [0.717, 1.165) is 38.4 Å². The third kappa shape index (κ3) is 4.34. The minimum atomic E-state index is -0.130. The molecule has 28 heavy (non-hydrogen) atoms. The van der Waals surface area contributed by atoms with Gasteiger partial charge in [0.2, 0.25) is 5.91 Å². The Labute approximate surface area is 165 Å². The fourth-order valence-electron chi connectivity index (χ4n) is 4.02. The number of benzene rings is 2. The number of carbonyl (C=O) groups is 2. The van der Waals surface area contributed by atoms with Crippen LogP contribution < -0.4 is 15.1 Å². The number of nitrogens with zero attached hydrogens (tertiary/aromatic N) is 2. The molecule has 1 atom stereocenters. The Bertz CT molecular complexity index is 804. The first-order chi connectivity index (χ1) is 13.7. The highest BCUT2D eigenvalue weighted by Crippen LogP contribution is 2.21. The highest BCUT2D eigenvalue weighted by Gasteiger charge is 2.33. The predicted molar refractivity (Wildman–Crippen MR) is 108 cm³/mol. The summed E-state index contributed by atoms with van der Waals surface area (Å²) >= 11 is 0. The number of piperazine rings is 1. The molecule has 4 rings (SSSR count). The number of hydrogen-bond donors (Lipinski definition) is 2. The number of para-hydroxylation sites is 1. The molecule has 2 saturated heterocycles. The van der Waals surface area contributed by atoms with Gasteiger partial charge in [-0.05, 0) is 12.1 Å². The van der Waals surface area contributed by atoms with E-state index in [2.05, 4.69) is 29.6 Å². The zero-order chi connectivity index (χ0) is 19.3. The molecule has 2 aromatic rings. The molecule has 0 aliphatic carbocycles. The average molecular weight is 379 g/mol. The molecule has 2 aliphatic heterocycles. The van der Waals surface area contributed by atoms with Gasteiger partial charge in [-0.25, -0.2) is 4.79 Å². The Balaban J connectivity index is 1.25. The van der Waals surface area contributed by atoms with Crippen molar-refractivity contribution in [2.45, 2.75) is 19.0 Å². The molecule has 2 aliphatic rings. The Morgan fingerprint density at radius 1 is 1.00 bits per heavy atom. The van der Waals surface area contributed by atoms with E-state index < -0.39 is 0 Å². The largest absolute Gasteiger partial charge is 0.333 e. The lowest BCUT2D eigenvalue weighted by Crippen LogP contribution is -3.13. The van der Waals surface area contributed by atoms with Crippen molar-refractivity contribution >= 4 is 17.6 Å². The summed E-state index contributed by atoms with van der Waals surface area (Å²) < 4.78 is 0. The third-order valence-corrected chi connectivity index (χ3v) is 5.58. The Morgan fingerprint density at radius 2 is 1.64 bits per heavy atom. The maximum atomic E-state index is 12.6. The first kappa shape index (κ1) is 18.5. The number of anilines is 1. The van der Waals surface area contributed by atoms with Crippen molar-refractivity contribution < 1.29 is 14.5 Å². The van der Waals surface area contributed by atoms with Gasteiger partial charge >= 0.3 is 6.03 Å². The maximum absolute atomic E-state index is 12.6. The second-order valence-corrected chi connectivity index (χ2v) is 7.59. The summed E-state index contributed by atoms with van der Waals surface area (Å²) in [4.78, 5) is 30.1. The smallest absolute Gasteiger partial charge is 0.318 e. The monoisotopic (exact) mass is 379 g/mol.